The van der Waals surface area contributed by atoms with Crippen LogP contribution in [0.3, 0.4) is 0 Å². The lowest BCUT2D eigenvalue weighted by molar-refractivity contribution is -0.167. The molecule has 4 saturated carbocycles. The zero-order valence-corrected chi connectivity index (χ0v) is 13.6. The molecule has 1 aromatic carbocycles. The van der Waals surface area contributed by atoms with E-state index in [2.05, 4.69) is 0 Å². The fraction of sp³-hybridized carbons (Fsp3) is 0.647. The van der Waals surface area contributed by atoms with E-state index in [9.17, 15) is 13.5 Å². The van der Waals surface area contributed by atoms with E-state index in [1.807, 2.05) is 6.92 Å². The number of hydrogen-bond acceptors (Lipinski definition) is 4. The van der Waals surface area contributed by atoms with Gasteiger partial charge < -0.3 is 5.11 Å². The van der Waals surface area contributed by atoms with Crippen molar-refractivity contribution in [2.45, 2.75) is 55.6 Å². The molecule has 4 fully saturated rings. The van der Waals surface area contributed by atoms with Gasteiger partial charge in [-0.15, -0.1) is 0 Å². The summed E-state index contributed by atoms with van der Waals surface area (Å²) in [4.78, 5) is 0.227. The topological polar surface area (TPSA) is 63.6 Å². The Labute approximate surface area is 131 Å². The summed E-state index contributed by atoms with van der Waals surface area (Å²) in [6, 6.07) is 6.79. The molecule has 4 aliphatic rings. The highest BCUT2D eigenvalue weighted by molar-refractivity contribution is 7.86. The quantitative estimate of drug-likeness (QED) is 0.869. The van der Waals surface area contributed by atoms with Crippen molar-refractivity contribution in [2.24, 2.45) is 17.8 Å². The number of hydrogen-bond donors (Lipinski definition) is 1. The molecule has 4 nitrogen and oxygen atoms in total. The number of aliphatic hydroxyl groups is 1. The average Bonchev–Trinajstić information content (AvgIpc) is 2.41. The van der Waals surface area contributed by atoms with Crippen molar-refractivity contribution in [1.82, 2.24) is 0 Å². The first-order valence-electron chi connectivity index (χ1n) is 8.07. The lowest BCUT2D eigenvalue weighted by atomic mass is 9.53. The molecule has 0 amide bonds. The summed E-state index contributed by atoms with van der Waals surface area (Å²) in [7, 11) is -3.72. The molecule has 5 heteroatoms. The van der Waals surface area contributed by atoms with Crippen molar-refractivity contribution in [3.8, 4) is 0 Å². The SMILES string of the molecule is Cc1ccc(S(=O)(=O)OC2[C@@H]3CC4C[C@H]2CC(O)(C4)C3)cc1. The fourth-order valence-corrected chi connectivity index (χ4v) is 6.19. The normalized spacial score (nSPS) is 40.1. The Kier molecular flexibility index (Phi) is 3.19. The van der Waals surface area contributed by atoms with Crippen LogP contribution in [-0.4, -0.2) is 25.2 Å². The highest BCUT2D eigenvalue weighted by atomic mass is 32.2. The standard InChI is InChI=1S/C17H22O4S/c1-11-2-4-15(5-3-11)22(19,20)21-16-13-6-12-7-14(16)10-17(18,8-12)9-13/h2-5,12-14,16,18H,6-10H2,1H3/t12?,13-,14+,16?,17?. The monoisotopic (exact) mass is 322 g/mol. The second-order valence-corrected chi connectivity index (χ2v) is 9.09. The molecule has 0 aliphatic heterocycles. The zero-order valence-electron chi connectivity index (χ0n) is 12.7. The van der Waals surface area contributed by atoms with Crippen molar-refractivity contribution < 1.29 is 17.7 Å². The Bertz CT molecular complexity index is 663. The van der Waals surface area contributed by atoms with Crippen molar-refractivity contribution in [3.63, 3.8) is 0 Å². The maximum atomic E-state index is 12.5. The van der Waals surface area contributed by atoms with Gasteiger partial charge in [-0.05, 0) is 68.9 Å². The van der Waals surface area contributed by atoms with Crippen LogP contribution in [0.25, 0.3) is 0 Å². The van der Waals surface area contributed by atoms with Crippen molar-refractivity contribution in [2.75, 3.05) is 0 Å². The smallest absolute Gasteiger partial charge is 0.297 e. The van der Waals surface area contributed by atoms with Gasteiger partial charge in [0.2, 0.25) is 0 Å². The van der Waals surface area contributed by atoms with E-state index >= 15 is 0 Å². The number of aryl methyl sites for hydroxylation is 1. The third-order valence-corrected chi connectivity index (χ3v) is 7.03. The Balaban J connectivity index is 1.57. The van der Waals surface area contributed by atoms with Crippen LogP contribution >= 0.6 is 0 Å². The molecule has 5 rings (SSSR count). The van der Waals surface area contributed by atoms with Gasteiger partial charge in [-0.2, -0.15) is 8.42 Å². The summed E-state index contributed by atoms with van der Waals surface area (Å²) in [5.74, 6) is 0.900. The Morgan fingerprint density at radius 2 is 1.68 bits per heavy atom. The minimum atomic E-state index is -3.72. The summed E-state index contributed by atoms with van der Waals surface area (Å²) in [5, 5.41) is 10.6. The van der Waals surface area contributed by atoms with Gasteiger partial charge in [0.05, 0.1) is 16.6 Å². The first-order valence-corrected chi connectivity index (χ1v) is 9.48. The third-order valence-electron chi connectivity index (χ3n) is 5.70. The summed E-state index contributed by atoms with van der Waals surface area (Å²) in [5.41, 5.74) is 0.458. The Morgan fingerprint density at radius 1 is 1.09 bits per heavy atom. The Hall–Kier alpha value is -0.910. The van der Waals surface area contributed by atoms with Gasteiger partial charge in [-0.3, -0.25) is 4.18 Å². The predicted molar refractivity (Wildman–Crippen MR) is 81.7 cm³/mol. The van der Waals surface area contributed by atoms with Gasteiger partial charge in [-0.1, -0.05) is 17.7 Å². The van der Waals surface area contributed by atoms with Gasteiger partial charge in [0.15, 0.2) is 0 Å². The van der Waals surface area contributed by atoms with Crippen LogP contribution in [0.1, 0.15) is 37.7 Å². The molecule has 0 saturated heterocycles. The first kappa shape index (κ1) is 14.7. The summed E-state index contributed by atoms with van der Waals surface area (Å²) < 4.78 is 30.7. The molecule has 0 radical (unpaired) electrons. The van der Waals surface area contributed by atoms with Crippen LogP contribution in [0.2, 0.25) is 0 Å². The molecule has 120 valence electrons. The van der Waals surface area contributed by atoms with Crippen LogP contribution in [0.15, 0.2) is 29.2 Å². The number of benzene rings is 1. The molecular weight excluding hydrogens is 300 g/mol. The van der Waals surface area contributed by atoms with Gasteiger partial charge in [0, 0.05) is 0 Å². The summed E-state index contributed by atoms with van der Waals surface area (Å²) in [6.45, 7) is 1.93. The molecule has 1 aromatic rings. The van der Waals surface area contributed by atoms with Crippen LogP contribution < -0.4 is 0 Å². The Morgan fingerprint density at radius 3 is 2.23 bits per heavy atom. The van der Waals surface area contributed by atoms with Crippen molar-refractivity contribution in [1.29, 1.82) is 0 Å². The molecule has 0 spiro atoms. The molecule has 4 bridgehead atoms. The summed E-state index contributed by atoms with van der Waals surface area (Å²) >= 11 is 0. The maximum Gasteiger partial charge on any atom is 0.297 e. The molecule has 3 unspecified atom stereocenters. The average molecular weight is 322 g/mol. The van der Waals surface area contributed by atoms with Crippen LogP contribution in [0, 0.1) is 24.7 Å². The highest BCUT2D eigenvalue weighted by Gasteiger charge is 2.56. The molecule has 0 aromatic heterocycles. The predicted octanol–water partition coefficient (Wildman–Crippen LogP) is 2.64. The lowest BCUT2D eigenvalue weighted by Crippen LogP contribution is -2.57. The highest BCUT2D eigenvalue weighted by Crippen LogP contribution is 2.56. The van der Waals surface area contributed by atoms with E-state index in [0.29, 0.717) is 18.8 Å². The summed E-state index contributed by atoms with van der Waals surface area (Å²) in [6.07, 6.45) is 3.99. The zero-order chi connectivity index (χ0) is 15.5. The van der Waals surface area contributed by atoms with Crippen LogP contribution in [0.4, 0.5) is 0 Å². The van der Waals surface area contributed by atoms with E-state index in [-0.39, 0.29) is 22.8 Å². The lowest BCUT2D eigenvalue weighted by Gasteiger charge is -2.57. The van der Waals surface area contributed by atoms with Gasteiger partial charge >= 0.3 is 0 Å². The fourth-order valence-electron chi connectivity index (χ4n) is 5.00. The van der Waals surface area contributed by atoms with E-state index in [1.165, 1.54) is 0 Å². The van der Waals surface area contributed by atoms with Gasteiger partial charge in [-0.25, -0.2) is 0 Å². The number of rotatable bonds is 3. The maximum absolute atomic E-state index is 12.5. The minimum Gasteiger partial charge on any atom is -0.390 e. The second-order valence-electron chi connectivity index (χ2n) is 7.52. The van der Waals surface area contributed by atoms with Gasteiger partial charge in [0.25, 0.3) is 10.1 Å². The minimum absolute atomic E-state index is 0.177. The molecule has 5 atom stereocenters. The van der Waals surface area contributed by atoms with Crippen molar-refractivity contribution >= 4 is 10.1 Å². The van der Waals surface area contributed by atoms with Crippen LogP contribution in [-0.2, 0) is 14.3 Å². The van der Waals surface area contributed by atoms with Crippen LogP contribution in [0.5, 0.6) is 0 Å². The van der Waals surface area contributed by atoms with E-state index in [1.54, 1.807) is 24.3 Å². The first-order chi connectivity index (χ1) is 10.3. The van der Waals surface area contributed by atoms with E-state index in [0.717, 1.165) is 24.8 Å². The van der Waals surface area contributed by atoms with E-state index in [4.69, 9.17) is 4.18 Å². The van der Waals surface area contributed by atoms with E-state index < -0.39 is 15.7 Å². The molecule has 22 heavy (non-hydrogen) atoms. The largest absolute Gasteiger partial charge is 0.390 e. The van der Waals surface area contributed by atoms with Gasteiger partial charge in [0.1, 0.15) is 0 Å². The molecular formula is C17H22O4S. The second kappa shape index (κ2) is 4.79. The molecule has 1 N–H and O–H groups in total. The third kappa shape index (κ3) is 2.39. The van der Waals surface area contributed by atoms with Crippen molar-refractivity contribution in [3.05, 3.63) is 29.8 Å². The molecule has 4 aliphatic carbocycles. The molecule has 0 heterocycles.